The Hall–Kier alpha value is -5.34. The third kappa shape index (κ3) is 8.58. The first-order chi connectivity index (χ1) is 23.8. The second-order valence-electron chi connectivity index (χ2n) is 11.0. The molecule has 0 bridgehead atoms. The van der Waals surface area contributed by atoms with Gasteiger partial charge >= 0.3 is 0 Å². The molecule has 0 fully saturated rings. The van der Waals surface area contributed by atoms with E-state index in [0.717, 1.165) is 26.8 Å². The summed E-state index contributed by atoms with van der Waals surface area (Å²) in [5.41, 5.74) is 3.17. The average molecular weight is 703 g/mol. The standard InChI is InChI=1S/C40H29Cl2N3O3S/c41-34-23-20-31(25-35(34)42)44-40(48)37(27-11-3-1-4-12-27)49-32-21-18-30(19-22-32)43-39(47)36(45-38(46)28-13-5-2-6-14-28)24-29-16-9-15-26-10-7-8-17-33(26)29/h1-25,37H,(H,43,47)(H,44,48)(H,45,46)/b36-24-. The highest BCUT2D eigenvalue weighted by Gasteiger charge is 2.23. The van der Waals surface area contributed by atoms with E-state index in [4.69, 9.17) is 23.2 Å². The van der Waals surface area contributed by atoms with Crippen LogP contribution in [0.25, 0.3) is 16.8 Å². The zero-order valence-corrected chi connectivity index (χ0v) is 28.2. The normalized spacial score (nSPS) is 11.8. The molecule has 0 aromatic heterocycles. The predicted octanol–water partition coefficient (Wildman–Crippen LogP) is 10.0. The number of nitrogens with one attached hydrogen (secondary N) is 3. The second kappa shape index (κ2) is 15.7. The van der Waals surface area contributed by atoms with Crippen molar-refractivity contribution >= 4 is 80.9 Å². The van der Waals surface area contributed by atoms with Gasteiger partial charge in [-0.05, 0) is 82.6 Å². The van der Waals surface area contributed by atoms with Gasteiger partial charge in [0.25, 0.3) is 11.8 Å². The molecule has 0 radical (unpaired) electrons. The topological polar surface area (TPSA) is 87.3 Å². The number of hydrogen-bond acceptors (Lipinski definition) is 4. The van der Waals surface area contributed by atoms with Gasteiger partial charge in [-0.15, -0.1) is 11.8 Å². The molecule has 6 nitrogen and oxygen atoms in total. The number of fused-ring (bicyclic) bond motifs is 1. The van der Waals surface area contributed by atoms with Gasteiger partial charge in [-0.1, -0.05) is 114 Å². The van der Waals surface area contributed by atoms with Crippen LogP contribution < -0.4 is 16.0 Å². The molecule has 0 saturated heterocycles. The minimum absolute atomic E-state index is 0.0896. The first kappa shape index (κ1) is 33.6. The van der Waals surface area contributed by atoms with Gasteiger partial charge in [-0.2, -0.15) is 0 Å². The molecular weight excluding hydrogens is 673 g/mol. The van der Waals surface area contributed by atoms with Gasteiger partial charge in [0.15, 0.2) is 0 Å². The van der Waals surface area contributed by atoms with Gasteiger partial charge in [0.2, 0.25) is 5.91 Å². The van der Waals surface area contributed by atoms with Gasteiger partial charge in [0.05, 0.1) is 10.0 Å². The SMILES string of the molecule is O=C(Nc1ccc(SC(C(=O)Nc2ccc(Cl)c(Cl)c2)c2ccccc2)cc1)/C(=C/c1cccc2ccccc12)NC(=O)c1ccccc1. The monoisotopic (exact) mass is 701 g/mol. The molecule has 3 amide bonds. The smallest absolute Gasteiger partial charge is 0.272 e. The Bertz CT molecular complexity index is 2150. The summed E-state index contributed by atoms with van der Waals surface area (Å²) in [5.74, 6) is -1.12. The summed E-state index contributed by atoms with van der Waals surface area (Å²) < 4.78 is 0. The van der Waals surface area contributed by atoms with Gasteiger partial charge in [-0.3, -0.25) is 14.4 Å². The second-order valence-corrected chi connectivity index (χ2v) is 12.9. The molecule has 3 N–H and O–H groups in total. The highest BCUT2D eigenvalue weighted by atomic mass is 35.5. The number of thioether (sulfide) groups is 1. The lowest BCUT2D eigenvalue weighted by Crippen LogP contribution is -2.30. The van der Waals surface area contributed by atoms with Crippen molar-refractivity contribution in [2.75, 3.05) is 10.6 Å². The summed E-state index contributed by atoms with van der Waals surface area (Å²) in [5, 5.41) is 10.8. The molecule has 6 aromatic carbocycles. The van der Waals surface area contributed by atoms with Crippen LogP contribution in [0.15, 0.2) is 156 Å². The van der Waals surface area contributed by atoms with E-state index in [2.05, 4.69) is 16.0 Å². The van der Waals surface area contributed by atoms with Crippen LogP contribution in [0.3, 0.4) is 0 Å². The fourth-order valence-electron chi connectivity index (χ4n) is 5.11. The summed E-state index contributed by atoms with van der Waals surface area (Å²) in [6.07, 6.45) is 1.68. The molecule has 0 aliphatic carbocycles. The Morgan fingerprint density at radius 1 is 0.633 bits per heavy atom. The Labute approximate surface area is 298 Å². The summed E-state index contributed by atoms with van der Waals surface area (Å²) in [4.78, 5) is 41.2. The molecule has 0 saturated carbocycles. The van der Waals surface area contributed by atoms with E-state index in [0.29, 0.717) is 27.0 Å². The van der Waals surface area contributed by atoms with Crippen molar-refractivity contribution in [1.82, 2.24) is 5.32 Å². The molecule has 6 aromatic rings. The number of benzene rings is 6. The van der Waals surface area contributed by atoms with Gasteiger partial charge in [0.1, 0.15) is 10.9 Å². The van der Waals surface area contributed by atoms with E-state index in [9.17, 15) is 14.4 Å². The largest absolute Gasteiger partial charge is 0.325 e. The average Bonchev–Trinajstić information content (AvgIpc) is 3.13. The number of hydrogen-bond donors (Lipinski definition) is 3. The lowest BCUT2D eigenvalue weighted by molar-refractivity contribution is -0.116. The number of anilines is 2. The summed E-state index contributed by atoms with van der Waals surface area (Å²) in [6.45, 7) is 0. The van der Waals surface area contributed by atoms with E-state index < -0.39 is 17.1 Å². The molecule has 0 aliphatic rings. The fourth-order valence-corrected chi connectivity index (χ4v) is 6.43. The van der Waals surface area contributed by atoms with Crippen LogP contribution in [0.4, 0.5) is 11.4 Å². The van der Waals surface area contributed by atoms with Crippen LogP contribution >= 0.6 is 35.0 Å². The van der Waals surface area contributed by atoms with Crippen LogP contribution in [0, 0.1) is 0 Å². The highest BCUT2D eigenvalue weighted by molar-refractivity contribution is 8.00. The van der Waals surface area contributed by atoms with Crippen molar-refractivity contribution in [3.63, 3.8) is 0 Å². The van der Waals surface area contributed by atoms with Crippen LogP contribution in [0.1, 0.15) is 26.7 Å². The van der Waals surface area contributed by atoms with Crippen molar-refractivity contribution in [2.24, 2.45) is 0 Å². The Morgan fingerprint density at radius 2 is 1.29 bits per heavy atom. The van der Waals surface area contributed by atoms with E-state index in [-0.39, 0.29) is 11.6 Å². The minimum atomic E-state index is -0.584. The third-order valence-corrected chi connectivity index (χ3v) is 9.55. The van der Waals surface area contributed by atoms with Crippen LogP contribution in [0.2, 0.25) is 10.0 Å². The molecule has 0 aliphatic heterocycles. The first-order valence-corrected chi connectivity index (χ1v) is 16.9. The molecule has 6 rings (SSSR count). The molecule has 1 atom stereocenters. The Balaban J connectivity index is 1.22. The fraction of sp³-hybridized carbons (Fsp3) is 0.0250. The minimum Gasteiger partial charge on any atom is -0.325 e. The number of carbonyl (C=O) groups excluding carboxylic acids is 3. The van der Waals surface area contributed by atoms with Crippen molar-refractivity contribution in [1.29, 1.82) is 0 Å². The molecule has 242 valence electrons. The lowest BCUT2D eigenvalue weighted by Gasteiger charge is -2.18. The van der Waals surface area contributed by atoms with Crippen LogP contribution in [-0.2, 0) is 9.59 Å². The van der Waals surface area contributed by atoms with E-state index in [1.807, 2.05) is 91.0 Å². The zero-order valence-electron chi connectivity index (χ0n) is 25.9. The number of amides is 3. The van der Waals surface area contributed by atoms with Crippen molar-refractivity contribution < 1.29 is 14.4 Å². The molecular formula is C40H29Cl2N3O3S. The maximum absolute atomic E-state index is 13.7. The lowest BCUT2D eigenvalue weighted by atomic mass is 10.0. The highest BCUT2D eigenvalue weighted by Crippen LogP contribution is 2.37. The molecule has 0 spiro atoms. The predicted molar refractivity (Wildman–Crippen MR) is 201 cm³/mol. The van der Waals surface area contributed by atoms with Crippen molar-refractivity contribution in [2.45, 2.75) is 10.1 Å². The van der Waals surface area contributed by atoms with Crippen LogP contribution in [-0.4, -0.2) is 17.7 Å². The molecule has 1 unspecified atom stereocenters. The maximum Gasteiger partial charge on any atom is 0.272 e. The van der Waals surface area contributed by atoms with Crippen molar-refractivity contribution in [3.8, 4) is 0 Å². The van der Waals surface area contributed by atoms with E-state index in [1.54, 1.807) is 60.7 Å². The number of rotatable bonds is 10. The van der Waals surface area contributed by atoms with Gasteiger partial charge in [0, 0.05) is 21.8 Å². The summed E-state index contributed by atoms with van der Waals surface area (Å²) in [7, 11) is 0. The Morgan fingerprint density at radius 3 is 2.02 bits per heavy atom. The number of halogens is 2. The third-order valence-electron chi connectivity index (χ3n) is 7.55. The molecule has 9 heteroatoms. The molecule has 0 heterocycles. The first-order valence-electron chi connectivity index (χ1n) is 15.3. The zero-order chi connectivity index (χ0) is 34.2. The quantitative estimate of drug-likeness (QED) is 0.0980. The Kier molecular flexibility index (Phi) is 10.8. The molecule has 49 heavy (non-hydrogen) atoms. The van der Waals surface area contributed by atoms with E-state index >= 15 is 0 Å². The van der Waals surface area contributed by atoms with Gasteiger partial charge in [-0.25, -0.2) is 0 Å². The van der Waals surface area contributed by atoms with Crippen molar-refractivity contribution in [3.05, 3.63) is 178 Å². The summed E-state index contributed by atoms with van der Waals surface area (Å²) in [6, 6.07) is 43.9. The van der Waals surface area contributed by atoms with E-state index in [1.165, 1.54) is 11.8 Å². The summed E-state index contributed by atoms with van der Waals surface area (Å²) >= 11 is 13.6. The maximum atomic E-state index is 13.7. The number of carbonyl (C=O) groups is 3. The van der Waals surface area contributed by atoms with Gasteiger partial charge < -0.3 is 16.0 Å². The van der Waals surface area contributed by atoms with Crippen LogP contribution in [0.5, 0.6) is 0 Å².